The number of benzene rings is 1. The second-order valence-electron chi connectivity index (χ2n) is 5.05. The zero-order valence-electron chi connectivity index (χ0n) is 11.6. The van der Waals surface area contributed by atoms with Gasteiger partial charge in [0.15, 0.2) is 12.4 Å². The molecule has 0 bridgehead atoms. The molecule has 2 aromatic rings. The minimum Gasteiger partial charge on any atom is -0.368 e. The van der Waals surface area contributed by atoms with E-state index >= 15 is 0 Å². The number of piperazine rings is 1. The summed E-state index contributed by atoms with van der Waals surface area (Å²) in [6.07, 6.45) is 3.85. The lowest BCUT2D eigenvalue weighted by Gasteiger charge is -2.35. The fourth-order valence-corrected chi connectivity index (χ4v) is 2.96. The quantitative estimate of drug-likeness (QED) is 0.836. The molecule has 5 heteroatoms. The number of amides is 1. The third-order valence-corrected chi connectivity index (χ3v) is 4.20. The molecule has 0 radical (unpaired) electrons. The number of rotatable bonds is 2. The summed E-state index contributed by atoms with van der Waals surface area (Å²) in [4.78, 5) is 19.7. The van der Waals surface area contributed by atoms with Gasteiger partial charge in [-0.2, -0.15) is 0 Å². The van der Waals surface area contributed by atoms with Gasteiger partial charge in [-0.05, 0) is 18.2 Å². The summed E-state index contributed by atoms with van der Waals surface area (Å²) in [7, 11) is 0. The van der Waals surface area contributed by atoms with E-state index in [4.69, 9.17) is 0 Å². The predicted molar refractivity (Wildman–Crippen MR) is 85.3 cm³/mol. The molecule has 21 heavy (non-hydrogen) atoms. The number of H-pyrrole nitrogens is 1. The van der Waals surface area contributed by atoms with Gasteiger partial charge in [-0.3, -0.25) is 4.79 Å². The second kappa shape index (κ2) is 6.26. The van der Waals surface area contributed by atoms with Gasteiger partial charge >= 0.3 is 0 Å². The SMILES string of the molecule is O=C(c1cccc(Br)c1)N1CCN(c2cc[nH+]cc2)CC1. The van der Waals surface area contributed by atoms with Crippen molar-refractivity contribution in [3.8, 4) is 0 Å². The maximum absolute atomic E-state index is 12.5. The Kier molecular flexibility index (Phi) is 4.20. The van der Waals surface area contributed by atoms with Crippen LogP contribution < -0.4 is 9.88 Å². The van der Waals surface area contributed by atoms with Crippen molar-refractivity contribution in [2.45, 2.75) is 0 Å². The Bertz CT molecular complexity index is 624. The average Bonchev–Trinajstić information content (AvgIpc) is 2.55. The molecule has 0 saturated carbocycles. The highest BCUT2D eigenvalue weighted by molar-refractivity contribution is 9.10. The van der Waals surface area contributed by atoms with Gasteiger partial charge in [-0.25, -0.2) is 4.98 Å². The van der Waals surface area contributed by atoms with Crippen molar-refractivity contribution in [1.82, 2.24) is 4.90 Å². The molecule has 2 heterocycles. The maximum atomic E-state index is 12.5. The lowest BCUT2D eigenvalue weighted by atomic mass is 10.2. The maximum Gasteiger partial charge on any atom is 0.254 e. The molecule has 1 saturated heterocycles. The first kappa shape index (κ1) is 14.1. The predicted octanol–water partition coefficient (Wildman–Crippen LogP) is 2.23. The number of aromatic nitrogens is 1. The molecular weight excluding hydrogens is 330 g/mol. The number of hydrogen-bond donors (Lipinski definition) is 0. The average molecular weight is 347 g/mol. The summed E-state index contributed by atoms with van der Waals surface area (Å²) >= 11 is 3.41. The Morgan fingerprint density at radius 3 is 2.43 bits per heavy atom. The number of nitrogens with one attached hydrogen (secondary N) is 1. The van der Waals surface area contributed by atoms with E-state index in [1.165, 1.54) is 5.69 Å². The molecular formula is C16H17BrN3O+. The van der Waals surface area contributed by atoms with Gasteiger partial charge in [-0.1, -0.05) is 22.0 Å². The van der Waals surface area contributed by atoms with Crippen molar-refractivity contribution in [2.75, 3.05) is 31.1 Å². The first-order valence-corrected chi connectivity index (χ1v) is 7.79. The van der Waals surface area contributed by atoms with Crippen LogP contribution in [0.15, 0.2) is 53.3 Å². The fraction of sp³-hybridized carbons (Fsp3) is 0.250. The number of aromatic amines is 1. The molecule has 4 nitrogen and oxygen atoms in total. The highest BCUT2D eigenvalue weighted by Crippen LogP contribution is 2.17. The molecule has 108 valence electrons. The smallest absolute Gasteiger partial charge is 0.254 e. The molecule has 1 aromatic carbocycles. The highest BCUT2D eigenvalue weighted by atomic mass is 79.9. The Morgan fingerprint density at radius 2 is 1.76 bits per heavy atom. The molecule has 1 N–H and O–H groups in total. The third kappa shape index (κ3) is 3.24. The summed E-state index contributed by atoms with van der Waals surface area (Å²) in [5.74, 6) is 0.109. The topological polar surface area (TPSA) is 37.7 Å². The summed E-state index contributed by atoms with van der Waals surface area (Å²) in [6.45, 7) is 3.24. The van der Waals surface area contributed by atoms with Crippen LogP contribution >= 0.6 is 15.9 Å². The zero-order valence-corrected chi connectivity index (χ0v) is 13.2. The first-order valence-electron chi connectivity index (χ1n) is 7.00. The molecule has 1 fully saturated rings. The molecule has 1 aliphatic rings. The van der Waals surface area contributed by atoms with Crippen LogP contribution in [-0.2, 0) is 0 Å². The number of carbonyl (C=O) groups is 1. The molecule has 0 atom stereocenters. The zero-order chi connectivity index (χ0) is 14.7. The Labute approximate surface area is 132 Å². The van der Waals surface area contributed by atoms with E-state index in [1.807, 2.05) is 41.6 Å². The molecule has 1 aromatic heterocycles. The molecule has 0 spiro atoms. The van der Waals surface area contributed by atoms with E-state index in [0.29, 0.717) is 0 Å². The number of anilines is 1. The van der Waals surface area contributed by atoms with E-state index in [-0.39, 0.29) is 5.91 Å². The second-order valence-corrected chi connectivity index (χ2v) is 5.96. The number of carbonyl (C=O) groups excluding carboxylic acids is 1. The van der Waals surface area contributed by atoms with Gasteiger partial charge in [-0.15, -0.1) is 0 Å². The van der Waals surface area contributed by atoms with Crippen LogP contribution in [-0.4, -0.2) is 37.0 Å². The lowest BCUT2D eigenvalue weighted by molar-refractivity contribution is -0.377. The van der Waals surface area contributed by atoms with Crippen molar-refractivity contribution in [2.24, 2.45) is 0 Å². The van der Waals surface area contributed by atoms with Gasteiger partial charge in [0, 0.05) is 54.0 Å². The van der Waals surface area contributed by atoms with E-state index in [2.05, 4.69) is 37.9 Å². The summed E-state index contributed by atoms with van der Waals surface area (Å²) in [6, 6.07) is 11.7. The van der Waals surface area contributed by atoms with E-state index in [9.17, 15) is 4.79 Å². The van der Waals surface area contributed by atoms with Crippen molar-refractivity contribution < 1.29 is 9.78 Å². The standard InChI is InChI=1S/C16H16BrN3O/c17-14-3-1-2-13(12-14)16(21)20-10-8-19(9-11-20)15-4-6-18-7-5-15/h1-7,12H,8-11H2/p+1. The highest BCUT2D eigenvalue weighted by Gasteiger charge is 2.22. The van der Waals surface area contributed by atoms with Gasteiger partial charge in [0.25, 0.3) is 5.91 Å². The van der Waals surface area contributed by atoms with Gasteiger partial charge in [0.1, 0.15) is 0 Å². The van der Waals surface area contributed by atoms with Crippen LogP contribution in [0.4, 0.5) is 5.69 Å². The van der Waals surface area contributed by atoms with Crippen molar-refractivity contribution in [3.05, 3.63) is 58.8 Å². The van der Waals surface area contributed by atoms with E-state index < -0.39 is 0 Å². The van der Waals surface area contributed by atoms with Crippen LogP contribution in [0, 0.1) is 0 Å². The minimum atomic E-state index is 0.109. The van der Waals surface area contributed by atoms with Crippen LogP contribution in [0.5, 0.6) is 0 Å². The summed E-state index contributed by atoms with van der Waals surface area (Å²) < 4.78 is 0.938. The Hall–Kier alpha value is -1.88. The van der Waals surface area contributed by atoms with Gasteiger partial charge < -0.3 is 9.80 Å². The molecule has 0 aliphatic carbocycles. The monoisotopic (exact) mass is 346 g/mol. The lowest BCUT2D eigenvalue weighted by Crippen LogP contribution is -2.48. The summed E-state index contributed by atoms with van der Waals surface area (Å²) in [5, 5.41) is 0. The van der Waals surface area contributed by atoms with E-state index in [0.717, 1.165) is 36.2 Å². The molecule has 1 aliphatic heterocycles. The van der Waals surface area contributed by atoms with Gasteiger partial charge in [0.05, 0.1) is 0 Å². The molecule has 3 rings (SSSR count). The summed E-state index contributed by atoms with van der Waals surface area (Å²) in [5.41, 5.74) is 1.94. The first-order chi connectivity index (χ1) is 10.2. The fourth-order valence-electron chi connectivity index (χ4n) is 2.56. The van der Waals surface area contributed by atoms with Crippen molar-refractivity contribution >= 4 is 27.5 Å². The van der Waals surface area contributed by atoms with Crippen LogP contribution in [0.3, 0.4) is 0 Å². The van der Waals surface area contributed by atoms with Crippen LogP contribution in [0.25, 0.3) is 0 Å². The number of nitrogens with zero attached hydrogens (tertiary/aromatic N) is 2. The van der Waals surface area contributed by atoms with Crippen molar-refractivity contribution in [3.63, 3.8) is 0 Å². The number of pyridine rings is 1. The minimum absolute atomic E-state index is 0.109. The largest absolute Gasteiger partial charge is 0.368 e. The van der Waals surface area contributed by atoms with Crippen molar-refractivity contribution in [1.29, 1.82) is 0 Å². The normalized spacial score (nSPS) is 15.1. The van der Waals surface area contributed by atoms with E-state index in [1.54, 1.807) is 0 Å². The number of hydrogen-bond acceptors (Lipinski definition) is 2. The van der Waals surface area contributed by atoms with Crippen LogP contribution in [0.1, 0.15) is 10.4 Å². The third-order valence-electron chi connectivity index (χ3n) is 3.70. The van der Waals surface area contributed by atoms with Crippen LogP contribution in [0.2, 0.25) is 0 Å². The van der Waals surface area contributed by atoms with Gasteiger partial charge in [0.2, 0.25) is 0 Å². The molecule has 1 amide bonds. The Balaban J connectivity index is 1.64. The number of halogens is 1. The Morgan fingerprint density at radius 1 is 1.05 bits per heavy atom. The molecule has 0 unspecified atom stereocenters.